The maximum atomic E-state index is 11.9. The number of furan rings is 1. The number of rotatable bonds is 3. The molecule has 1 heterocycles. The molecule has 2 rings (SSSR count). The molecule has 2 aromatic rings. The number of carbonyl (C=O) groups excluding carboxylic acids is 1. The lowest BCUT2D eigenvalue weighted by Crippen LogP contribution is -2.16. The summed E-state index contributed by atoms with van der Waals surface area (Å²) in [5.74, 6) is -0.373. The Bertz CT molecular complexity index is 768. The number of hydrogen-bond acceptors (Lipinski definition) is 4. The van der Waals surface area contributed by atoms with Crippen molar-refractivity contribution in [2.24, 2.45) is 5.14 Å². The summed E-state index contributed by atoms with van der Waals surface area (Å²) in [6.45, 7) is 1.56. The van der Waals surface area contributed by atoms with E-state index in [1.807, 2.05) is 0 Å². The van der Waals surface area contributed by atoms with Gasteiger partial charge in [0.2, 0.25) is 10.0 Å². The van der Waals surface area contributed by atoms with Crippen molar-refractivity contribution < 1.29 is 17.6 Å². The molecule has 1 amide bonds. The summed E-state index contributed by atoms with van der Waals surface area (Å²) in [6.07, 6.45) is 0. The number of nitrogens with one attached hydrogen (secondary N) is 1. The van der Waals surface area contributed by atoms with Gasteiger partial charge in [0, 0.05) is 5.69 Å². The molecule has 0 saturated carbocycles. The van der Waals surface area contributed by atoms with Crippen molar-refractivity contribution in [3.63, 3.8) is 0 Å². The summed E-state index contributed by atoms with van der Waals surface area (Å²) in [7, 11) is -3.83. The van der Waals surface area contributed by atoms with Gasteiger partial charge in [-0.2, -0.15) is 0 Å². The average Bonchev–Trinajstić information content (AvgIpc) is 2.77. The highest BCUT2D eigenvalue weighted by atomic mass is 79.9. The standard InChI is InChI=1S/C12H11BrN2O4S/c1-7-8(3-2-4-10(7)20(14,17)18)15-12(16)9-5-6-11(13)19-9/h2-6H,1H3,(H,15,16)(H2,14,17,18). The topological polar surface area (TPSA) is 102 Å². The van der Waals surface area contributed by atoms with E-state index in [1.165, 1.54) is 18.2 Å². The predicted molar refractivity (Wildman–Crippen MR) is 76.9 cm³/mol. The van der Waals surface area contributed by atoms with Gasteiger partial charge in [-0.25, -0.2) is 13.6 Å². The van der Waals surface area contributed by atoms with Crippen LogP contribution in [0.15, 0.2) is 44.3 Å². The fourth-order valence-corrected chi connectivity index (χ4v) is 2.79. The SMILES string of the molecule is Cc1c(NC(=O)c2ccc(Br)o2)cccc1S(N)(=O)=O. The fraction of sp³-hybridized carbons (Fsp3) is 0.0833. The van der Waals surface area contributed by atoms with E-state index in [2.05, 4.69) is 21.2 Å². The Balaban J connectivity index is 2.33. The van der Waals surface area contributed by atoms with Crippen molar-refractivity contribution in [3.05, 3.63) is 46.3 Å². The van der Waals surface area contributed by atoms with Crippen LogP contribution in [-0.2, 0) is 10.0 Å². The van der Waals surface area contributed by atoms with Gasteiger partial charge >= 0.3 is 0 Å². The zero-order chi connectivity index (χ0) is 14.9. The molecule has 0 spiro atoms. The van der Waals surface area contributed by atoms with Crippen LogP contribution in [0.2, 0.25) is 0 Å². The first kappa shape index (κ1) is 14.8. The Morgan fingerprint density at radius 1 is 1.30 bits per heavy atom. The summed E-state index contributed by atoms with van der Waals surface area (Å²) in [5, 5.41) is 7.69. The van der Waals surface area contributed by atoms with Gasteiger partial charge in [0.15, 0.2) is 10.4 Å². The second-order valence-electron chi connectivity index (χ2n) is 4.03. The van der Waals surface area contributed by atoms with Gasteiger partial charge in [-0.15, -0.1) is 0 Å². The normalized spacial score (nSPS) is 11.3. The number of nitrogens with two attached hydrogens (primary N) is 1. The molecular weight excluding hydrogens is 348 g/mol. The molecule has 1 aromatic carbocycles. The lowest BCUT2D eigenvalue weighted by Gasteiger charge is -2.10. The summed E-state index contributed by atoms with van der Waals surface area (Å²) in [5.41, 5.74) is 0.725. The first-order chi connectivity index (χ1) is 9.29. The lowest BCUT2D eigenvalue weighted by molar-refractivity contribution is 0.0995. The molecule has 6 nitrogen and oxygen atoms in total. The molecule has 106 valence electrons. The van der Waals surface area contributed by atoms with Gasteiger partial charge in [0.25, 0.3) is 5.91 Å². The second-order valence-corrected chi connectivity index (χ2v) is 6.34. The number of sulfonamides is 1. The number of halogens is 1. The minimum Gasteiger partial charge on any atom is -0.444 e. The number of amides is 1. The van der Waals surface area contributed by atoms with Crippen LogP contribution in [0, 0.1) is 6.92 Å². The first-order valence-corrected chi connectivity index (χ1v) is 7.82. The van der Waals surface area contributed by atoms with Gasteiger partial charge in [0.1, 0.15) is 0 Å². The lowest BCUT2D eigenvalue weighted by atomic mass is 10.2. The monoisotopic (exact) mass is 358 g/mol. The van der Waals surface area contributed by atoms with Crippen LogP contribution in [0.1, 0.15) is 16.1 Å². The molecule has 0 aliphatic heterocycles. The molecule has 20 heavy (non-hydrogen) atoms. The van der Waals surface area contributed by atoms with Crippen molar-refractivity contribution in [2.75, 3.05) is 5.32 Å². The smallest absolute Gasteiger partial charge is 0.291 e. The van der Waals surface area contributed by atoms with Crippen LogP contribution < -0.4 is 10.5 Å². The van der Waals surface area contributed by atoms with Crippen LogP contribution in [0.5, 0.6) is 0 Å². The van der Waals surface area contributed by atoms with E-state index in [1.54, 1.807) is 19.1 Å². The number of hydrogen-bond donors (Lipinski definition) is 2. The quantitative estimate of drug-likeness (QED) is 0.877. The molecule has 0 saturated heterocycles. The molecule has 0 fully saturated rings. The van der Waals surface area contributed by atoms with Crippen LogP contribution >= 0.6 is 15.9 Å². The highest BCUT2D eigenvalue weighted by Gasteiger charge is 2.16. The Labute approximate surface area is 124 Å². The average molecular weight is 359 g/mol. The zero-order valence-electron chi connectivity index (χ0n) is 10.4. The molecular formula is C12H11BrN2O4S. The van der Waals surface area contributed by atoms with Gasteiger partial charge in [0.05, 0.1) is 4.90 Å². The maximum absolute atomic E-state index is 11.9. The number of carbonyl (C=O) groups is 1. The molecule has 0 atom stereocenters. The third kappa shape index (κ3) is 3.09. The summed E-state index contributed by atoms with van der Waals surface area (Å²) < 4.78 is 28.4. The fourth-order valence-electron chi connectivity index (χ4n) is 1.68. The van der Waals surface area contributed by atoms with Gasteiger partial charge < -0.3 is 9.73 Å². The van der Waals surface area contributed by atoms with Crippen molar-refractivity contribution in [1.82, 2.24) is 0 Å². The summed E-state index contributed by atoms with van der Waals surface area (Å²) >= 11 is 3.10. The van der Waals surface area contributed by atoms with Gasteiger partial charge in [-0.3, -0.25) is 4.79 Å². The van der Waals surface area contributed by atoms with Crippen LogP contribution in [0.3, 0.4) is 0 Å². The Morgan fingerprint density at radius 3 is 2.55 bits per heavy atom. The molecule has 0 aliphatic carbocycles. The molecule has 0 radical (unpaired) electrons. The number of primary sulfonamides is 1. The van der Waals surface area contributed by atoms with Crippen LogP contribution in [0.25, 0.3) is 0 Å². The zero-order valence-corrected chi connectivity index (χ0v) is 12.8. The van der Waals surface area contributed by atoms with E-state index in [4.69, 9.17) is 9.56 Å². The maximum Gasteiger partial charge on any atom is 0.291 e. The first-order valence-electron chi connectivity index (χ1n) is 5.48. The summed E-state index contributed by atoms with van der Waals surface area (Å²) in [6, 6.07) is 7.55. The van der Waals surface area contributed by atoms with Crippen LogP contribution in [0.4, 0.5) is 5.69 Å². The molecule has 0 unspecified atom stereocenters. The molecule has 8 heteroatoms. The highest BCUT2D eigenvalue weighted by molar-refractivity contribution is 9.10. The summed E-state index contributed by atoms with van der Waals surface area (Å²) in [4.78, 5) is 11.9. The van der Waals surface area contributed by atoms with E-state index in [-0.39, 0.29) is 10.7 Å². The Kier molecular flexibility index (Phi) is 3.98. The van der Waals surface area contributed by atoms with Crippen molar-refractivity contribution in [1.29, 1.82) is 0 Å². The number of anilines is 1. The molecule has 3 N–H and O–H groups in total. The second kappa shape index (κ2) is 5.39. The molecule has 1 aromatic heterocycles. The Hall–Kier alpha value is -1.64. The van der Waals surface area contributed by atoms with E-state index >= 15 is 0 Å². The van der Waals surface area contributed by atoms with E-state index in [0.717, 1.165) is 0 Å². The van der Waals surface area contributed by atoms with Crippen molar-refractivity contribution >= 4 is 37.5 Å². The number of benzene rings is 1. The van der Waals surface area contributed by atoms with E-state index in [0.29, 0.717) is 15.9 Å². The highest BCUT2D eigenvalue weighted by Crippen LogP contribution is 2.23. The van der Waals surface area contributed by atoms with Crippen molar-refractivity contribution in [2.45, 2.75) is 11.8 Å². The minimum absolute atomic E-state index is 0.0316. The van der Waals surface area contributed by atoms with Crippen molar-refractivity contribution in [3.8, 4) is 0 Å². The third-order valence-electron chi connectivity index (χ3n) is 2.64. The Morgan fingerprint density at radius 2 is 2.00 bits per heavy atom. The minimum atomic E-state index is -3.83. The largest absolute Gasteiger partial charge is 0.444 e. The third-order valence-corrected chi connectivity index (χ3v) is 4.12. The predicted octanol–water partition coefficient (Wildman–Crippen LogP) is 2.25. The van der Waals surface area contributed by atoms with E-state index < -0.39 is 15.9 Å². The van der Waals surface area contributed by atoms with E-state index in [9.17, 15) is 13.2 Å². The molecule has 0 bridgehead atoms. The van der Waals surface area contributed by atoms with Gasteiger partial charge in [-0.05, 0) is 52.7 Å². The molecule has 0 aliphatic rings. The van der Waals surface area contributed by atoms with Gasteiger partial charge in [-0.1, -0.05) is 6.07 Å². The van der Waals surface area contributed by atoms with Crippen LogP contribution in [-0.4, -0.2) is 14.3 Å².